The van der Waals surface area contributed by atoms with Gasteiger partial charge in [-0.1, -0.05) is 6.92 Å². The van der Waals surface area contributed by atoms with Crippen molar-refractivity contribution in [1.82, 2.24) is 4.98 Å². The molecule has 0 atom stereocenters. The van der Waals surface area contributed by atoms with E-state index in [4.69, 9.17) is 0 Å². The molecule has 0 unspecified atom stereocenters. The third-order valence-electron chi connectivity index (χ3n) is 2.90. The number of halogens is 2. The van der Waals surface area contributed by atoms with Crippen molar-refractivity contribution in [3.05, 3.63) is 40.6 Å². The number of pyridine rings is 1. The molecule has 18 heavy (non-hydrogen) atoms. The maximum Gasteiger partial charge on any atom is 0.336 e. The molecule has 0 radical (unpaired) electrons. The van der Waals surface area contributed by atoms with E-state index in [2.05, 4.69) is 4.98 Å². The van der Waals surface area contributed by atoms with Crippen LogP contribution in [0, 0.1) is 18.6 Å². The second-order valence-electron chi connectivity index (χ2n) is 3.99. The third-order valence-corrected chi connectivity index (χ3v) is 2.90. The molecule has 1 N–H and O–H groups in total. The number of carbonyl (C=O) groups is 1. The summed E-state index contributed by atoms with van der Waals surface area (Å²) in [7, 11) is 0. The predicted octanol–water partition coefficient (Wildman–Crippen LogP) is 3.08. The van der Waals surface area contributed by atoms with Crippen molar-refractivity contribution in [2.24, 2.45) is 0 Å². The summed E-state index contributed by atoms with van der Waals surface area (Å²) in [4.78, 5) is 15.4. The maximum atomic E-state index is 13.2. The Kier molecular flexibility index (Phi) is 2.98. The molecule has 2 aromatic rings. The first-order valence-electron chi connectivity index (χ1n) is 5.47. The van der Waals surface area contributed by atoms with E-state index in [1.165, 1.54) is 0 Å². The van der Waals surface area contributed by atoms with E-state index in [0.717, 1.165) is 12.1 Å². The quantitative estimate of drug-likeness (QED) is 0.892. The van der Waals surface area contributed by atoms with Crippen LogP contribution in [0.5, 0.6) is 0 Å². The molecule has 3 nitrogen and oxygen atoms in total. The topological polar surface area (TPSA) is 50.2 Å². The first-order chi connectivity index (χ1) is 8.45. The van der Waals surface area contributed by atoms with Gasteiger partial charge in [-0.2, -0.15) is 0 Å². The van der Waals surface area contributed by atoms with Crippen LogP contribution in [0.15, 0.2) is 12.1 Å². The van der Waals surface area contributed by atoms with Gasteiger partial charge in [0.15, 0.2) is 11.6 Å². The number of aromatic nitrogens is 1. The molecule has 1 heterocycles. The van der Waals surface area contributed by atoms with Crippen molar-refractivity contribution < 1.29 is 18.7 Å². The highest BCUT2D eigenvalue weighted by molar-refractivity contribution is 6.04. The number of carboxylic acid groups (broad SMARTS) is 1. The fourth-order valence-electron chi connectivity index (χ4n) is 2.10. The van der Waals surface area contributed by atoms with E-state index < -0.39 is 17.6 Å². The molecule has 0 aliphatic carbocycles. The SMILES string of the molecule is CCc1c(C)nc2cc(F)c(F)cc2c1C(=O)O. The van der Waals surface area contributed by atoms with Gasteiger partial charge in [-0.25, -0.2) is 13.6 Å². The Hall–Kier alpha value is -2.04. The average molecular weight is 251 g/mol. The summed E-state index contributed by atoms with van der Waals surface area (Å²) >= 11 is 0. The van der Waals surface area contributed by atoms with Crippen LogP contribution in [0.3, 0.4) is 0 Å². The largest absolute Gasteiger partial charge is 0.478 e. The number of hydrogen-bond donors (Lipinski definition) is 1. The number of aryl methyl sites for hydroxylation is 1. The van der Waals surface area contributed by atoms with Crippen LogP contribution < -0.4 is 0 Å². The second kappa shape index (κ2) is 4.33. The van der Waals surface area contributed by atoms with E-state index in [9.17, 15) is 18.7 Å². The summed E-state index contributed by atoms with van der Waals surface area (Å²) < 4.78 is 26.4. The Morgan fingerprint density at radius 2 is 1.94 bits per heavy atom. The summed E-state index contributed by atoms with van der Waals surface area (Å²) in [5.74, 6) is -3.26. The van der Waals surface area contributed by atoms with Crippen molar-refractivity contribution in [2.45, 2.75) is 20.3 Å². The zero-order valence-corrected chi connectivity index (χ0v) is 9.92. The molecule has 1 aromatic heterocycles. The number of nitrogens with zero attached hydrogens (tertiary/aromatic N) is 1. The lowest BCUT2D eigenvalue weighted by atomic mass is 9.99. The summed E-state index contributed by atoms with van der Waals surface area (Å²) in [6.45, 7) is 3.45. The van der Waals surface area contributed by atoms with Crippen molar-refractivity contribution in [2.75, 3.05) is 0 Å². The highest BCUT2D eigenvalue weighted by atomic mass is 19.2. The molecular formula is C13H11F2NO2. The van der Waals surface area contributed by atoms with Crippen molar-refractivity contribution in [1.29, 1.82) is 0 Å². The molecule has 2 rings (SSSR count). The average Bonchev–Trinajstić information content (AvgIpc) is 2.29. The molecule has 0 aliphatic rings. The van der Waals surface area contributed by atoms with Crippen LogP contribution in [0.4, 0.5) is 8.78 Å². The number of benzene rings is 1. The number of rotatable bonds is 2. The zero-order valence-electron chi connectivity index (χ0n) is 9.92. The highest BCUT2D eigenvalue weighted by Gasteiger charge is 2.19. The monoisotopic (exact) mass is 251 g/mol. The van der Waals surface area contributed by atoms with Crippen molar-refractivity contribution >= 4 is 16.9 Å². The maximum absolute atomic E-state index is 13.2. The number of aromatic carboxylic acids is 1. The van der Waals surface area contributed by atoms with Gasteiger partial charge in [0, 0.05) is 17.1 Å². The Balaban J connectivity index is 2.97. The van der Waals surface area contributed by atoms with E-state index in [0.29, 0.717) is 17.7 Å². The Morgan fingerprint density at radius 1 is 1.33 bits per heavy atom. The highest BCUT2D eigenvalue weighted by Crippen LogP contribution is 2.26. The first-order valence-corrected chi connectivity index (χ1v) is 5.47. The minimum atomic E-state index is -1.16. The molecule has 0 amide bonds. The van der Waals surface area contributed by atoms with Gasteiger partial charge in [-0.15, -0.1) is 0 Å². The van der Waals surface area contributed by atoms with Crippen molar-refractivity contribution in [3.8, 4) is 0 Å². The van der Waals surface area contributed by atoms with Gasteiger partial charge in [0.2, 0.25) is 0 Å². The van der Waals surface area contributed by atoms with Crippen LogP contribution in [0.25, 0.3) is 10.9 Å². The van der Waals surface area contributed by atoms with Crippen molar-refractivity contribution in [3.63, 3.8) is 0 Å². The smallest absolute Gasteiger partial charge is 0.336 e. The fraction of sp³-hybridized carbons (Fsp3) is 0.231. The predicted molar refractivity (Wildman–Crippen MR) is 62.7 cm³/mol. The normalized spacial score (nSPS) is 10.9. The second-order valence-corrected chi connectivity index (χ2v) is 3.99. The molecule has 0 fully saturated rings. The van der Waals surface area contributed by atoms with Gasteiger partial charge in [-0.3, -0.25) is 4.98 Å². The minimum absolute atomic E-state index is 0.00102. The van der Waals surface area contributed by atoms with Gasteiger partial charge in [0.1, 0.15) is 0 Å². The van der Waals surface area contributed by atoms with E-state index in [1.54, 1.807) is 13.8 Å². The Labute approximate surface area is 102 Å². The summed E-state index contributed by atoms with van der Waals surface area (Å²) in [5, 5.41) is 9.36. The van der Waals surface area contributed by atoms with Crippen LogP contribution >= 0.6 is 0 Å². The molecule has 1 aromatic carbocycles. The van der Waals surface area contributed by atoms with Crippen LogP contribution in [-0.4, -0.2) is 16.1 Å². The summed E-state index contributed by atoms with van der Waals surface area (Å²) in [6, 6.07) is 1.81. The van der Waals surface area contributed by atoms with E-state index in [-0.39, 0.29) is 16.5 Å². The zero-order chi connectivity index (χ0) is 13.4. The molecule has 0 spiro atoms. The molecule has 0 saturated carbocycles. The van der Waals surface area contributed by atoms with E-state index in [1.807, 2.05) is 0 Å². The molecule has 0 bridgehead atoms. The molecule has 0 aliphatic heterocycles. The molecule has 94 valence electrons. The molecule has 0 saturated heterocycles. The number of hydrogen-bond acceptors (Lipinski definition) is 2. The number of fused-ring (bicyclic) bond motifs is 1. The lowest BCUT2D eigenvalue weighted by Gasteiger charge is -2.11. The van der Waals surface area contributed by atoms with Gasteiger partial charge in [0.25, 0.3) is 0 Å². The summed E-state index contributed by atoms with van der Waals surface area (Å²) in [5.41, 5.74) is 1.22. The Morgan fingerprint density at radius 3 is 2.50 bits per heavy atom. The van der Waals surface area contributed by atoms with Gasteiger partial charge in [-0.05, 0) is 25.0 Å². The Bertz CT molecular complexity index is 653. The first kappa shape index (κ1) is 12.4. The van der Waals surface area contributed by atoms with Gasteiger partial charge in [0.05, 0.1) is 11.1 Å². The summed E-state index contributed by atoms with van der Waals surface area (Å²) in [6.07, 6.45) is 0.468. The minimum Gasteiger partial charge on any atom is -0.478 e. The van der Waals surface area contributed by atoms with Crippen LogP contribution in [-0.2, 0) is 6.42 Å². The van der Waals surface area contributed by atoms with Gasteiger partial charge < -0.3 is 5.11 Å². The fourth-order valence-corrected chi connectivity index (χ4v) is 2.10. The lowest BCUT2D eigenvalue weighted by molar-refractivity contribution is 0.0697. The van der Waals surface area contributed by atoms with E-state index >= 15 is 0 Å². The lowest BCUT2D eigenvalue weighted by Crippen LogP contribution is -2.07. The molecule has 5 heteroatoms. The number of carboxylic acids is 1. The third kappa shape index (κ3) is 1.81. The molecular weight excluding hydrogens is 240 g/mol. The standard InChI is InChI=1S/C13H11F2NO2/c1-3-7-6(2)16-11-5-10(15)9(14)4-8(11)12(7)13(17)18/h4-5H,3H2,1-2H3,(H,17,18). The van der Waals surface area contributed by atoms with Gasteiger partial charge >= 0.3 is 5.97 Å². The van der Waals surface area contributed by atoms with Crippen LogP contribution in [0.2, 0.25) is 0 Å². The van der Waals surface area contributed by atoms with Crippen LogP contribution in [0.1, 0.15) is 28.5 Å².